The molecular weight excluding hydrogens is 235 g/mol. The highest BCUT2D eigenvalue weighted by Gasteiger charge is 2.51. The molecule has 1 saturated heterocycles. The Bertz CT molecular complexity index is 450. The highest BCUT2D eigenvalue weighted by atomic mass is 16.7. The molecule has 0 unspecified atom stereocenters. The average Bonchev–Trinajstić information content (AvgIpc) is 2.48. The summed E-state index contributed by atoms with van der Waals surface area (Å²) < 4.78 is 12.2. The van der Waals surface area contributed by atoms with Crippen molar-refractivity contribution in [3.63, 3.8) is 0 Å². The molecule has 1 aliphatic heterocycles. The molecule has 2 rings (SSSR count). The number of benzene rings is 1. The van der Waals surface area contributed by atoms with Gasteiger partial charge in [0.05, 0.1) is 11.2 Å². The summed E-state index contributed by atoms with van der Waals surface area (Å²) in [5.74, 6) is 0. The Hall–Kier alpha value is -0.795. The quantitative estimate of drug-likeness (QED) is 0.777. The normalized spacial score (nSPS) is 20.8. The van der Waals surface area contributed by atoms with Gasteiger partial charge in [0, 0.05) is 0 Å². The molecule has 3 heteroatoms. The SMILES string of the molecule is CCCc1ccc(B2OC(C)(C)C(C)(C)O2)c(C)c1. The van der Waals surface area contributed by atoms with Crippen LogP contribution in [-0.4, -0.2) is 18.3 Å². The highest BCUT2D eigenvalue weighted by Crippen LogP contribution is 2.36. The van der Waals surface area contributed by atoms with Crippen molar-refractivity contribution < 1.29 is 9.31 Å². The van der Waals surface area contributed by atoms with E-state index in [1.165, 1.54) is 17.5 Å². The van der Waals surface area contributed by atoms with Crippen LogP contribution in [0, 0.1) is 6.92 Å². The van der Waals surface area contributed by atoms with Gasteiger partial charge in [-0.3, -0.25) is 0 Å². The lowest BCUT2D eigenvalue weighted by Gasteiger charge is -2.32. The van der Waals surface area contributed by atoms with Crippen LogP contribution in [0.3, 0.4) is 0 Å². The summed E-state index contributed by atoms with van der Waals surface area (Å²) in [6.07, 6.45) is 2.31. The topological polar surface area (TPSA) is 18.5 Å². The smallest absolute Gasteiger partial charge is 0.399 e. The molecule has 1 fully saturated rings. The first-order valence-electron chi connectivity index (χ1n) is 7.22. The molecule has 0 atom stereocenters. The van der Waals surface area contributed by atoms with Crippen LogP contribution in [0.25, 0.3) is 0 Å². The van der Waals surface area contributed by atoms with Gasteiger partial charge in [-0.05, 0) is 52.1 Å². The Morgan fingerprint density at radius 3 is 2.11 bits per heavy atom. The fourth-order valence-electron chi connectivity index (χ4n) is 2.42. The van der Waals surface area contributed by atoms with Crippen LogP contribution in [0.1, 0.15) is 52.2 Å². The summed E-state index contributed by atoms with van der Waals surface area (Å²) in [6, 6.07) is 6.60. The molecule has 1 aromatic rings. The predicted molar refractivity (Wildman–Crippen MR) is 80.9 cm³/mol. The van der Waals surface area contributed by atoms with Gasteiger partial charge in [-0.1, -0.05) is 37.1 Å². The maximum absolute atomic E-state index is 6.11. The molecule has 0 saturated carbocycles. The molecule has 1 aromatic carbocycles. The molecular formula is C16H25BO2. The average molecular weight is 260 g/mol. The van der Waals surface area contributed by atoms with Crippen molar-refractivity contribution in [3.05, 3.63) is 29.3 Å². The van der Waals surface area contributed by atoms with Crippen molar-refractivity contribution >= 4 is 12.6 Å². The van der Waals surface area contributed by atoms with E-state index in [9.17, 15) is 0 Å². The van der Waals surface area contributed by atoms with Crippen molar-refractivity contribution in [3.8, 4) is 0 Å². The number of aryl methyl sites for hydroxylation is 2. The fraction of sp³-hybridized carbons (Fsp3) is 0.625. The van der Waals surface area contributed by atoms with E-state index in [-0.39, 0.29) is 18.3 Å². The monoisotopic (exact) mass is 260 g/mol. The van der Waals surface area contributed by atoms with Crippen LogP contribution in [0.15, 0.2) is 18.2 Å². The first-order chi connectivity index (χ1) is 8.77. The second-order valence-corrected chi connectivity index (χ2v) is 6.53. The standard InChI is InChI=1S/C16H25BO2/c1-7-8-13-9-10-14(12(2)11-13)17-18-15(3,4)16(5,6)19-17/h9-11H,7-8H2,1-6H3. The van der Waals surface area contributed by atoms with Crippen LogP contribution in [0.5, 0.6) is 0 Å². The van der Waals surface area contributed by atoms with Crippen molar-refractivity contribution in [1.82, 2.24) is 0 Å². The van der Waals surface area contributed by atoms with Crippen molar-refractivity contribution in [1.29, 1.82) is 0 Å². The van der Waals surface area contributed by atoms with Gasteiger partial charge >= 0.3 is 7.12 Å². The van der Waals surface area contributed by atoms with Crippen molar-refractivity contribution in [2.75, 3.05) is 0 Å². The highest BCUT2D eigenvalue weighted by molar-refractivity contribution is 6.62. The van der Waals surface area contributed by atoms with Gasteiger partial charge in [0.2, 0.25) is 0 Å². The summed E-state index contributed by atoms with van der Waals surface area (Å²) in [4.78, 5) is 0. The van der Waals surface area contributed by atoms with E-state index in [1.807, 2.05) is 0 Å². The van der Waals surface area contributed by atoms with E-state index in [1.54, 1.807) is 0 Å². The van der Waals surface area contributed by atoms with E-state index < -0.39 is 0 Å². The fourth-order valence-corrected chi connectivity index (χ4v) is 2.42. The molecule has 0 bridgehead atoms. The zero-order valence-electron chi connectivity index (χ0n) is 13.0. The van der Waals surface area contributed by atoms with Gasteiger partial charge in [0.25, 0.3) is 0 Å². The van der Waals surface area contributed by atoms with E-state index in [2.05, 4.69) is 59.7 Å². The Balaban J connectivity index is 2.25. The number of hydrogen-bond acceptors (Lipinski definition) is 2. The van der Waals surface area contributed by atoms with Crippen molar-refractivity contribution in [2.45, 2.75) is 65.6 Å². The second kappa shape index (κ2) is 4.95. The second-order valence-electron chi connectivity index (χ2n) is 6.53. The molecule has 0 spiro atoms. The molecule has 2 nitrogen and oxygen atoms in total. The minimum absolute atomic E-state index is 0.249. The molecule has 1 aliphatic rings. The van der Waals surface area contributed by atoms with Crippen molar-refractivity contribution in [2.24, 2.45) is 0 Å². The Kier molecular flexibility index (Phi) is 3.81. The first kappa shape index (κ1) is 14.6. The minimum atomic E-state index is -0.272. The van der Waals surface area contributed by atoms with Gasteiger partial charge in [-0.25, -0.2) is 0 Å². The molecule has 0 aromatic heterocycles. The summed E-state index contributed by atoms with van der Waals surface area (Å²) in [5, 5.41) is 0. The van der Waals surface area contributed by atoms with Crippen LogP contribution >= 0.6 is 0 Å². The molecule has 19 heavy (non-hydrogen) atoms. The van der Waals surface area contributed by atoms with Crippen LogP contribution < -0.4 is 5.46 Å². The molecule has 0 radical (unpaired) electrons. The zero-order valence-corrected chi connectivity index (χ0v) is 13.0. The third-order valence-corrected chi connectivity index (χ3v) is 4.38. The Morgan fingerprint density at radius 1 is 1.05 bits per heavy atom. The summed E-state index contributed by atoms with van der Waals surface area (Å²) in [6.45, 7) is 12.7. The molecule has 0 aliphatic carbocycles. The third-order valence-electron chi connectivity index (χ3n) is 4.38. The third kappa shape index (κ3) is 2.73. The van der Waals surface area contributed by atoms with E-state index in [4.69, 9.17) is 9.31 Å². The van der Waals surface area contributed by atoms with E-state index in [0.29, 0.717) is 0 Å². The van der Waals surface area contributed by atoms with Crippen LogP contribution in [0.2, 0.25) is 0 Å². The molecule has 0 N–H and O–H groups in total. The summed E-state index contributed by atoms with van der Waals surface area (Å²) >= 11 is 0. The lowest BCUT2D eigenvalue weighted by atomic mass is 9.75. The summed E-state index contributed by atoms with van der Waals surface area (Å²) in [7, 11) is -0.249. The van der Waals surface area contributed by atoms with E-state index >= 15 is 0 Å². The molecule has 104 valence electrons. The lowest BCUT2D eigenvalue weighted by Crippen LogP contribution is -2.41. The van der Waals surface area contributed by atoms with Gasteiger partial charge in [0.15, 0.2) is 0 Å². The Labute approximate surface area is 117 Å². The Morgan fingerprint density at radius 2 is 1.63 bits per heavy atom. The number of rotatable bonds is 3. The van der Waals surface area contributed by atoms with Gasteiger partial charge in [0.1, 0.15) is 0 Å². The van der Waals surface area contributed by atoms with Gasteiger partial charge in [-0.2, -0.15) is 0 Å². The number of hydrogen-bond donors (Lipinski definition) is 0. The minimum Gasteiger partial charge on any atom is -0.399 e. The summed E-state index contributed by atoms with van der Waals surface area (Å²) in [5.41, 5.74) is 3.25. The van der Waals surface area contributed by atoms with Crippen LogP contribution in [-0.2, 0) is 15.7 Å². The largest absolute Gasteiger partial charge is 0.495 e. The maximum atomic E-state index is 6.11. The first-order valence-corrected chi connectivity index (χ1v) is 7.22. The van der Waals surface area contributed by atoms with Gasteiger partial charge in [-0.15, -0.1) is 0 Å². The lowest BCUT2D eigenvalue weighted by molar-refractivity contribution is 0.00578. The van der Waals surface area contributed by atoms with Gasteiger partial charge < -0.3 is 9.31 Å². The zero-order chi connectivity index (χ0) is 14.3. The molecule has 0 amide bonds. The van der Waals surface area contributed by atoms with Crippen LogP contribution in [0.4, 0.5) is 0 Å². The molecule has 1 heterocycles. The predicted octanol–water partition coefficient (Wildman–Crippen LogP) is 3.25. The van der Waals surface area contributed by atoms with E-state index in [0.717, 1.165) is 11.9 Å². The maximum Gasteiger partial charge on any atom is 0.495 e.